The maximum atomic E-state index is 12.4. The van der Waals surface area contributed by atoms with E-state index < -0.39 is 71.5 Å². The van der Waals surface area contributed by atoms with Gasteiger partial charge in [0.1, 0.15) is 11.2 Å². The Morgan fingerprint density at radius 2 is 0.817 bits per heavy atom. The number of carbonyl (C=O) groups is 10. The van der Waals surface area contributed by atoms with Crippen LogP contribution < -0.4 is 27.0 Å². The number of alkyl carbamates (subject to hydrolysis) is 1. The summed E-state index contributed by atoms with van der Waals surface area (Å²) in [4.78, 5) is 118. The lowest BCUT2D eigenvalue weighted by molar-refractivity contribution is -0.157. The van der Waals surface area contributed by atoms with Gasteiger partial charge >= 0.3 is 24.0 Å². The van der Waals surface area contributed by atoms with Crippen molar-refractivity contribution in [3.8, 4) is 0 Å². The van der Waals surface area contributed by atoms with E-state index in [1.165, 1.54) is 6.92 Å². The molecule has 2 saturated heterocycles. The molecule has 2 fully saturated rings. The van der Waals surface area contributed by atoms with Crippen LogP contribution in [0.25, 0.3) is 0 Å². The molecule has 0 aliphatic carbocycles. The van der Waals surface area contributed by atoms with Crippen LogP contribution in [0.5, 0.6) is 0 Å². The number of rotatable bonds is 39. The lowest BCUT2D eigenvalue weighted by Gasteiger charge is -2.23. The zero-order valence-electron chi connectivity index (χ0n) is 60.3. The van der Waals surface area contributed by atoms with E-state index in [4.69, 9.17) is 55.0 Å². The van der Waals surface area contributed by atoms with Crippen LogP contribution in [0, 0.1) is 65.1 Å². The first-order chi connectivity index (χ1) is 43.0. The Labute approximate surface area is 556 Å². The second kappa shape index (κ2) is 49.4. The summed E-state index contributed by atoms with van der Waals surface area (Å²) in [6.45, 7) is 40.6. The summed E-state index contributed by atoms with van der Waals surface area (Å²) in [7, 11) is 0. The Morgan fingerprint density at radius 3 is 1.10 bits per heavy atom. The Kier molecular flexibility index (Phi) is 48.8. The van der Waals surface area contributed by atoms with Crippen molar-refractivity contribution in [2.45, 2.75) is 251 Å². The topological polar surface area (TPSA) is 399 Å². The molecule has 0 aromatic heterocycles. The van der Waals surface area contributed by atoms with E-state index in [2.05, 4.69) is 21.3 Å². The molecule has 4 amide bonds. The molecule has 0 aromatic carbocycles. The Hall–Kier alpha value is -5.18. The van der Waals surface area contributed by atoms with E-state index >= 15 is 0 Å². The van der Waals surface area contributed by atoms with E-state index in [0.29, 0.717) is 82.5 Å². The van der Waals surface area contributed by atoms with Crippen LogP contribution in [0.2, 0.25) is 0 Å². The molecule has 2 rings (SSSR count). The molecule has 12 atom stereocenters. The number of aliphatic hydroxyl groups excluding tert-OH is 4. The Balaban J connectivity index is -0.00000113. The molecule has 0 radical (unpaired) electrons. The second-order valence-corrected chi connectivity index (χ2v) is 28.6. The van der Waals surface area contributed by atoms with E-state index in [0.717, 1.165) is 12.8 Å². The zero-order valence-corrected chi connectivity index (χ0v) is 60.3. The molecule has 0 aromatic rings. The molecule has 93 heavy (non-hydrogen) atoms. The van der Waals surface area contributed by atoms with Crippen molar-refractivity contribution in [2.75, 3.05) is 59.2 Å². The number of amides is 4. The fraction of sp³-hybridized carbons (Fsp3) is 0.853. The number of carbonyl (C=O) groups excluding carboxylic acids is 9. The molecule has 4 unspecified atom stereocenters. The molecule has 2 heterocycles. The number of ketones is 3. The predicted octanol–water partition coefficient (Wildman–Crippen LogP) is 6.66. The highest BCUT2D eigenvalue weighted by atomic mass is 16.6. The standard InChI is InChI=1S/C18H31NO6.C17H33NO4.C16H27NO6.C12H23NO3.C5H13NO/c1-5-24-18(23)16-15(25-16)14(21)9-13(8-11(2)3)17(22)19-7-6-12(4)10-20;1-12(2)9-14(10-15(20)22-17(4,5)6)16(21)18-8-7-13(3)11-19;1-9(2)6-11(15(20)17-5-4-10(3)8-18)7-12(19)13-14(23-13)16(21)22;1-8(2)7-10(9(3)14)13-11(15)16-12(4,5)6;1-5(4-7)2-3-6/h11-13,15-16,20H,5-10H2,1-4H3,(H,19,22);12-14,19H,7-11H2,1-6H3,(H,18,21);9-11,13-14,18H,4-8H2,1-3H3,(H,17,20)(H,21,22);8,10H,7H2,1-6H3,(H,13,15);5,7H,2-4,6H2,1H3/t12?,13-,15-,16+;13?,14-;10?,11-,13-,14+;10-;/m1110./s1. The van der Waals surface area contributed by atoms with E-state index in [1.54, 1.807) is 27.7 Å². The van der Waals surface area contributed by atoms with Crippen LogP contribution in [0.3, 0.4) is 0 Å². The van der Waals surface area contributed by atoms with Crippen LogP contribution in [-0.4, -0.2) is 185 Å². The first-order valence-electron chi connectivity index (χ1n) is 33.5. The number of ether oxygens (including phenoxy) is 5. The lowest BCUT2D eigenvalue weighted by atomic mass is 9.90. The molecule has 0 bridgehead atoms. The molecule has 0 spiro atoms. The van der Waals surface area contributed by atoms with Crippen LogP contribution in [-0.2, 0) is 66.8 Å². The minimum atomic E-state index is -1.15. The maximum absolute atomic E-state index is 12.4. The van der Waals surface area contributed by atoms with Crippen molar-refractivity contribution in [2.24, 2.45) is 70.8 Å². The number of Topliss-reactive ketones (excluding diaryl/α,β-unsaturated/α-hetero) is 3. The van der Waals surface area contributed by atoms with Gasteiger partial charge in [0.2, 0.25) is 17.7 Å². The van der Waals surface area contributed by atoms with Gasteiger partial charge in [-0.3, -0.25) is 33.6 Å². The molecular weight excluding hydrogens is 1210 g/mol. The molecule has 0 saturated carbocycles. The van der Waals surface area contributed by atoms with Gasteiger partial charge in [0.15, 0.2) is 41.8 Å². The predicted molar refractivity (Wildman–Crippen MR) is 355 cm³/mol. The number of aliphatic carboxylic acids is 1. The number of nitrogens with one attached hydrogen (secondary N) is 4. The zero-order chi connectivity index (χ0) is 72.5. The fourth-order valence-corrected chi connectivity index (χ4v) is 8.82. The Morgan fingerprint density at radius 1 is 0.484 bits per heavy atom. The number of hydrogen-bond acceptors (Lipinski definition) is 20. The summed E-state index contributed by atoms with van der Waals surface area (Å²) in [6.07, 6.45) is 1.48. The average molecular weight is 1330 g/mol. The van der Waals surface area contributed by atoms with E-state index in [9.17, 15) is 47.9 Å². The molecule has 2 aliphatic heterocycles. The van der Waals surface area contributed by atoms with Crippen molar-refractivity contribution in [1.29, 1.82) is 0 Å². The van der Waals surface area contributed by atoms with Gasteiger partial charge in [-0.1, -0.05) is 83.1 Å². The van der Waals surface area contributed by atoms with E-state index in [1.807, 2.05) is 104 Å². The number of epoxide rings is 2. The lowest BCUT2D eigenvalue weighted by Crippen LogP contribution is -2.43. The van der Waals surface area contributed by atoms with Gasteiger partial charge in [-0.2, -0.15) is 0 Å². The van der Waals surface area contributed by atoms with Gasteiger partial charge in [-0.15, -0.1) is 0 Å². The maximum Gasteiger partial charge on any atom is 0.408 e. The smallest absolute Gasteiger partial charge is 0.408 e. The van der Waals surface area contributed by atoms with Crippen LogP contribution in [0.4, 0.5) is 4.79 Å². The third-order valence-corrected chi connectivity index (χ3v) is 14.1. The van der Waals surface area contributed by atoms with Crippen molar-refractivity contribution in [1.82, 2.24) is 21.3 Å². The van der Waals surface area contributed by atoms with Crippen molar-refractivity contribution in [3.05, 3.63) is 0 Å². The number of aliphatic hydroxyl groups is 4. The largest absolute Gasteiger partial charge is 0.479 e. The molecule has 11 N–H and O–H groups in total. The SMILES string of the molecule is CC(=O)[C@H](CC(C)C)NC(=O)OC(C)(C)C.CC(C)C[C@H](CC(=O)OC(C)(C)C)C(=O)NCCC(C)CO.CC(C)C[C@H](CC(=O)[C@H]1O[C@@H]1C(=O)O)C(=O)NCCC(C)CO.CC(CO)CCN.CCOC(=O)[C@H]1O[C@@H]1C(=O)C[C@@H](CC(C)C)C(=O)NCCC(C)CO. The molecule has 25 heteroatoms. The summed E-state index contributed by atoms with van der Waals surface area (Å²) in [6, 6.07) is -0.449. The monoisotopic (exact) mass is 1330 g/mol. The summed E-state index contributed by atoms with van der Waals surface area (Å²) < 4.78 is 25.2. The molecule has 25 nitrogen and oxygen atoms in total. The number of nitrogens with two attached hydrogens (primary N) is 1. The third-order valence-electron chi connectivity index (χ3n) is 14.1. The normalized spacial score (nSPS) is 18.2. The van der Waals surface area contributed by atoms with Gasteiger partial charge in [-0.05, 0) is 161 Å². The number of hydrogen-bond donors (Lipinski definition) is 10. The van der Waals surface area contributed by atoms with Crippen molar-refractivity contribution < 1.29 is 97.2 Å². The van der Waals surface area contributed by atoms with Gasteiger partial charge in [0.05, 0.1) is 19.1 Å². The summed E-state index contributed by atoms with van der Waals surface area (Å²) >= 11 is 0. The number of carboxylic acids is 1. The summed E-state index contributed by atoms with van der Waals surface area (Å²) in [5.74, 6) is -2.42. The van der Waals surface area contributed by atoms with Gasteiger partial charge < -0.3 is 76.2 Å². The molecule has 544 valence electrons. The van der Waals surface area contributed by atoms with Crippen LogP contribution in [0.1, 0.15) is 209 Å². The second-order valence-electron chi connectivity index (χ2n) is 28.6. The minimum Gasteiger partial charge on any atom is -0.479 e. The van der Waals surface area contributed by atoms with Crippen LogP contribution in [0.15, 0.2) is 0 Å². The van der Waals surface area contributed by atoms with Gasteiger partial charge in [0.25, 0.3) is 0 Å². The van der Waals surface area contributed by atoms with Gasteiger partial charge in [0, 0.05) is 76.7 Å². The van der Waals surface area contributed by atoms with Crippen molar-refractivity contribution >= 4 is 59.1 Å². The third kappa shape index (κ3) is 49.1. The molecular formula is C68H127N5O20. The first kappa shape index (κ1) is 92.0. The van der Waals surface area contributed by atoms with E-state index in [-0.39, 0.29) is 129 Å². The number of carboxylic acid groups (broad SMARTS) is 1. The fourth-order valence-electron chi connectivity index (χ4n) is 8.82. The Bertz CT molecular complexity index is 2180. The highest BCUT2D eigenvalue weighted by Gasteiger charge is 2.52. The summed E-state index contributed by atoms with van der Waals surface area (Å²) in [5, 5.41) is 55.2. The van der Waals surface area contributed by atoms with Crippen LogP contribution >= 0.6 is 0 Å². The molecule has 2 aliphatic rings. The van der Waals surface area contributed by atoms with Gasteiger partial charge in [-0.25, -0.2) is 14.4 Å². The average Bonchev–Trinajstić information content (AvgIpc) is 1.67. The number of esters is 2. The highest BCUT2D eigenvalue weighted by Crippen LogP contribution is 2.30. The summed E-state index contributed by atoms with van der Waals surface area (Å²) in [5.41, 5.74) is 4.12. The quantitative estimate of drug-likeness (QED) is 0.0175. The highest BCUT2D eigenvalue weighted by molar-refractivity contribution is 5.97. The first-order valence-corrected chi connectivity index (χ1v) is 33.5. The van der Waals surface area contributed by atoms with Crippen molar-refractivity contribution in [3.63, 3.8) is 0 Å². The minimum absolute atomic E-state index is 0.00594.